The summed E-state index contributed by atoms with van der Waals surface area (Å²) in [6.45, 7) is 12.2. The lowest BCUT2D eigenvalue weighted by atomic mass is 9.84. The number of ether oxygens (including phenoxy) is 1. The first-order valence-corrected chi connectivity index (χ1v) is 14.0. The third-order valence-electron chi connectivity index (χ3n) is 8.13. The smallest absolute Gasteiger partial charge is 0.325 e. The first-order valence-electron chi connectivity index (χ1n) is 14.0. The van der Waals surface area contributed by atoms with Crippen LogP contribution < -0.4 is 5.32 Å². The van der Waals surface area contributed by atoms with E-state index in [0.717, 1.165) is 38.8 Å². The van der Waals surface area contributed by atoms with Crippen LogP contribution in [-0.4, -0.2) is 122 Å². The summed E-state index contributed by atoms with van der Waals surface area (Å²) in [5.74, 6) is -0.637. The molecule has 0 saturated carbocycles. The van der Waals surface area contributed by atoms with E-state index in [0.29, 0.717) is 13.0 Å². The SMILES string of the molecule is COC(=O)CN(C)C(=O)[C@@H]1CCCN1C[C@H](C(C)C)N(C)C(=O)[C@@H](NC(=O)[C@H]1CCCCN1C)C(C)(C)C. The predicted molar refractivity (Wildman–Crippen MR) is 147 cm³/mol. The number of hydrogen-bond acceptors (Lipinski definition) is 7. The van der Waals surface area contributed by atoms with Gasteiger partial charge in [-0.05, 0) is 57.2 Å². The van der Waals surface area contributed by atoms with E-state index in [2.05, 4.69) is 29.0 Å². The van der Waals surface area contributed by atoms with Crippen LogP contribution in [0.3, 0.4) is 0 Å². The second kappa shape index (κ2) is 13.7. The molecule has 2 aliphatic heterocycles. The van der Waals surface area contributed by atoms with Crippen LogP contribution in [0.15, 0.2) is 0 Å². The van der Waals surface area contributed by atoms with Gasteiger partial charge in [0.25, 0.3) is 0 Å². The molecule has 0 unspecified atom stereocenters. The van der Waals surface area contributed by atoms with Gasteiger partial charge >= 0.3 is 5.97 Å². The number of nitrogens with zero attached hydrogens (tertiary/aromatic N) is 4. The summed E-state index contributed by atoms with van der Waals surface area (Å²) >= 11 is 0. The number of carbonyl (C=O) groups excluding carboxylic acids is 4. The molecule has 10 nitrogen and oxygen atoms in total. The molecule has 2 aliphatic rings. The van der Waals surface area contributed by atoms with Gasteiger partial charge in [0.2, 0.25) is 17.7 Å². The lowest BCUT2D eigenvalue weighted by Crippen LogP contribution is -2.61. The Labute approximate surface area is 229 Å². The molecule has 0 spiro atoms. The average molecular weight is 538 g/mol. The Morgan fingerprint density at radius 2 is 1.63 bits per heavy atom. The molecule has 0 bridgehead atoms. The molecular formula is C28H51N5O5. The lowest BCUT2D eigenvalue weighted by Gasteiger charge is -2.41. The van der Waals surface area contributed by atoms with Crippen LogP contribution in [0.25, 0.3) is 0 Å². The van der Waals surface area contributed by atoms with E-state index in [9.17, 15) is 19.2 Å². The fourth-order valence-electron chi connectivity index (χ4n) is 5.60. The predicted octanol–water partition coefficient (Wildman–Crippen LogP) is 1.58. The van der Waals surface area contributed by atoms with Crippen LogP contribution in [0, 0.1) is 11.3 Å². The van der Waals surface area contributed by atoms with Crippen LogP contribution in [0.1, 0.15) is 66.7 Å². The van der Waals surface area contributed by atoms with Gasteiger partial charge in [-0.1, -0.05) is 41.0 Å². The van der Waals surface area contributed by atoms with E-state index in [1.54, 1.807) is 19.0 Å². The van der Waals surface area contributed by atoms with Gasteiger partial charge in [-0.2, -0.15) is 0 Å². The van der Waals surface area contributed by atoms with Gasteiger partial charge < -0.3 is 19.9 Å². The molecule has 2 rings (SSSR count). The van der Waals surface area contributed by atoms with E-state index in [1.165, 1.54) is 12.0 Å². The Kier molecular flexibility index (Phi) is 11.6. The van der Waals surface area contributed by atoms with Crippen LogP contribution >= 0.6 is 0 Å². The van der Waals surface area contributed by atoms with Crippen LogP contribution in [-0.2, 0) is 23.9 Å². The van der Waals surface area contributed by atoms with Gasteiger partial charge in [0.1, 0.15) is 12.6 Å². The highest BCUT2D eigenvalue weighted by Gasteiger charge is 2.41. The van der Waals surface area contributed by atoms with Crippen molar-refractivity contribution in [2.45, 2.75) is 90.9 Å². The zero-order valence-corrected chi connectivity index (χ0v) is 25.1. The van der Waals surface area contributed by atoms with Gasteiger partial charge in [-0.3, -0.25) is 29.0 Å². The largest absolute Gasteiger partial charge is 0.468 e. The summed E-state index contributed by atoms with van der Waals surface area (Å²) in [5.41, 5.74) is -0.474. The lowest BCUT2D eigenvalue weighted by molar-refractivity contribution is -0.148. The normalized spacial score (nSPS) is 22.6. The molecule has 0 aromatic carbocycles. The van der Waals surface area contributed by atoms with Gasteiger partial charge in [0.05, 0.1) is 19.2 Å². The van der Waals surface area contributed by atoms with Crippen molar-refractivity contribution in [2.75, 3.05) is 54.4 Å². The molecule has 2 fully saturated rings. The van der Waals surface area contributed by atoms with Crippen molar-refractivity contribution in [3.05, 3.63) is 0 Å². The van der Waals surface area contributed by atoms with E-state index in [1.807, 2.05) is 27.8 Å². The molecule has 218 valence electrons. The molecule has 4 atom stereocenters. The molecule has 0 radical (unpaired) electrons. The number of nitrogens with one attached hydrogen (secondary N) is 1. The molecule has 10 heteroatoms. The summed E-state index contributed by atoms with van der Waals surface area (Å²) in [5, 5.41) is 3.10. The Morgan fingerprint density at radius 3 is 2.18 bits per heavy atom. The van der Waals surface area contributed by atoms with Crippen LogP contribution in [0.5, 0.6) is 0 Å². The molecule has 0 aromatic heterocycles. The van der Waals surface area contributed by atoms with Crippen molar-refractivity contribution in [3.8, 4) is 0 Å². The highest BCUT2D eigenvalue weighted by molar-refractivity contribution is 5.90. The third-order valence-corrected chi connectivity index (χ3v) is 8.13. The van der Waals surface area contributed by atoms with Crippen molar-refractivity contribution in [1.82, 2.24) is 24.9 Å². The van der Waals surface area contributed by atoms with Crippen molar-refractivity contribution < 1.29 is 23.9 Å². The molecule has 2 heterocycles. The minimum absolute atomic E-state index is 0.0885. The molecule has 38 heavy (non-hydrogen) atoms. The number of hydrogen-bond donors (Lipinski definition) is 1. The Bertz CT molecular complexity index is 842. The Hall–Kier alpha value is -2.20. The number of carbonyl (C=O) groups is 4. The quantitative estimate of drug-likeness (QED) is 0.422. The van der Waals surface area contributed by atoms with E-state index in [-0.39, 0.29) is 48.3 Å². The highest BCUT2D eigenvalue weighted by Crippen LogP contribution is 2.26. The standard InChI is InChI=1S/C28H51N5O5/c1-19(2)22(17-33-16-12-14-21(33)26(36)31(7)18-23(34)38-9)32(8)27(37)24(28(3,4)5)29-25(35)20-13-10-11-15-30(20)6/h19-22,24H,10-18H2,1-9H3,(H,29,35)/t20-,21+,22-,24-/m1/s1. The number of methoxy groups -OCH3 is 1. The monoisotopic (exact) mass is 537 g/mol. The summed E-state index contributed by atoms with van der Waals surface area (Å²) < 4.78 is 4.71. The van der Waals surface area contributed by atoms with Crippen molar-refractivity contribution in [3.63, 3.8) is 0 Å². The van der Waals surface area contributed by atoms with Crippen LogP contribution in [0.2, 0.25) is 0 Å². The molecule has 0 aliphatic carbocycles. The maximum Gasteiger partial charge on any atom is 0.325 e. The van der Waals surface area contributed by atoms with Gasteiger partial charge in [0.15, 0.2) is 0 Å². The minimum atomic E-state index is -0.668. The maximum absolute atomic E-state index is 13.9. The molecule has 3 amide bonds. The van der Waals surface area contributed by atoms with Crippen molar-refractivity contribution in [2.24, 2.45) is 11.3 Å². The van der Waals surface area contributed by atoms with Crippen molar-refractivity contribution in [1.29, 1.82) is 0 Å². The maximum atomic E-state index is 13.9. The summed E-state index contributed by atoms with van der Waals surface area (Å²) in [7, 11) is 6.70. The number of piperidine rings is 1. The number of likely N-dealkylation sites (tertiary alicyclic amines) is 2. The zero-order valence-electron chi connectivity index (χ0n) is 25.1. The minimum Gasteiger partial charge on any atom is -0.468 e. The fourth-order valence-corrected chi connectivity index (χ4v) is 5.60. The number of likely N-dealkylation sites (N-methyl/N-ethyl adjacent to an activating group) is 3. The van der Waals surface area contributed by atoms with E-state index in [4.69, 9.17) is 4.74 Å². The van der Waals surface area contributed by atoms with E-state index < -0.39 is 17.4 Å². The third kappa shape index (κ3) is 8.15. The van der Waals surface area contributed by atoms with Gasteiger partial charge in [-0.25, -0.2) is 0 Å². The zero-order chi connectivity index (χ0) is 28.8. The van der Waals surface area contributed by atoms with Crippen LogP contribution in [0.4, 0.5) is 0 Å². The molecule has 0 aromatic rings. The number of rotatable bonds is 10. The number of esters is 1. The first kappa shape index (κ1) is 32.0. The Morgan fingerprint density at radius 1 is 1.00 bits per heavy atom. The summed E-state index contributed by atoms with van der Waals surface area (Å²) in [6.07, 6.45) is 4.48. The molecular weight excluding hydrogens is 486 g/mol. The highest BCUT2D eigenvalue weighted by atomic mass is 16.5. The number of amides is 3. The molecule has 1 N–H and O–H groups in total. The first-order chi connectivity index (χ1) is 17.7. The van der Waals surface area contributed by atoms with Gasteiger partial charge in [0, 0.05) is 26.7 Å². The van der Waals surface area contributed by atoms with Crippen molar-refractivity contribution >= 4 is 23.7 Å². The second-order valence-corrected chi connectivity index (χ2v) is 12.5. The van der Waals surface area contributed by atoms with E-state index >= 15 is 0 Å². The topological polar surface area (TPSA) is 102 Å². The fraction of sp³-hybridized carbons (Fsp3) is 0.857. The molecule has 2 saturated heterocycles. The Balaban J connectivity index is 2.17. The summed E-state index contributed by atoms with van der Waals surface area (Å²) in [6, 6.07) is -1.37. The second-order valence-electron chi connectivity index (χ2n) is 12.5. The van der Waals surface area contributed by atoms with Gasteiger partial charge in [-0.15, -0.1) is 0 Å². The average Bonchev–Trinajstić information content (AvgIpc) is 3.31. The summed E-state index contributed by atoms with van der Waals surface area (Å²) in [4.78, 5) is 59.4.